The van der Waals surface area contributed by atoms with Crippen molar-refractivity contribution < 1.29 is 29.3 Å². The van der Waals surface area contributed by atoms with Crippen molar-refractivity contribution in [2.45, 2.75) is 38.8 Å². The van der Waals surface area contributed by atoms with E-state index in [-0.39, 0.29) is 12.8 Å². The summed E-state index contributed by atoms with van der Waals surface area (Å²) in [5.74, 6) is -2.80. The fourth-order valence-electron chi connectivity index (χ4n) is 1.25. The topological polar surface area (TPSA) is 113 Å². The van der Waals surface area contributed by atoms with Crippen LogP contribution in [0.2, 0.25) is 0 Å². The third-order valence-corrected chi connectivity index (χ3v) is 2.50. The number of ether oxygens (including phenoxy) is 1. The van der Waals surface area contributed by atoms with Gasteiger partial charge in [0.05, 0.1) is 13.2 Å². The van der Waals surface area contributed by atoms with Crippen molar-refractivity contribution in [2.75, 3.05) is 7.11 Å². The Morgan fingerprint density at radius 2 is 1.83 bits per heavy atom. The minimum Gasteiger partial charge on any atom is -0.480 e. The average Bonchev–Trinajstić information content (AvgIpc) is 2.30. The van der Waals surface area contributed by atoms with Crippen LogP contribution in [-0.4, -0.2) is 47.3 Å². The van der Waals surface area contributed by atoms with E-state index in [2.05, 4.69) is 10.1 Å². The van der Waals surface area contributed by atoms with Crippen LogP contribution < -0.4 is 5.32 Å². The second kappa shape index (κ2) is 7.65. The molecule has 0 saturated carbocycles. The number of carboxylic acid groups (broad SMARTS) is 1. The first-order chi connectivity index (χ1) is 8.29. The molecule has 1 amide bonds. The highest BCUT2D eigenvalue weighted by Gasteiger charge is 2.27. The number of rotatable bonds is 7. The maximum atomic E-state index is 11.6. The smallest absolute Gasteiger partial charge is 0.328 e. The van der Waals surface area contributed by atoms with Gasteiger partial charge in [-0.15, -0.1) is 0 Å². The molecule has 0 aromatic rings. The molecule has 0 aliphatic carbocycles. The number of aliphatic hydroxyl groups is 1. The standard InChI is InChI=1S/C11H19NO6/c1-6(4-5-8(14)18-3)10(15)12-9(7(2)13)11(16)17/h6-7,9,13H,4-5H2,1-3H3,(H,12,15)(H,16,17)/t6?,7-,9+/m1/s1. The van der Waals surface area contributed by atoms with Crippen molar-refractivity contribution in [3.8, 4) is 0 Å². The maximum Gasteiger partial charge on any atom is 0.328 e. The van der Waals surface area contributed by atoms with Gasteiger partial charge in [0.15, 0.2) is 6.04 Å². The Morgan fingerprint density at radius 1 is 1.28 bits per heavy atom. The Balaban J connectivity index is 4.29. The largest absolute Gasteiger partial charge is 0.480 e. The first-order valence-electron chi connectivity index (χ1n) is 5.57. The molecule has 1 unspecified atom stereocenters. The summed E-state index contributed by atoms with van der Waals surface area (Å²) in [6.45, 7) is 2.84. The lowest BCUT2D eigenvalue weighted by molar-refractivity contribution is -0.146. The highest BCUT2D eigenvalue weighted by molar-refractivity contribution is 5.85. The molecule has 0 bridgehead atoms. The fourth-order valence-corrected chi connectivity index (χ4v) is 1.25. The number of hydrogen-bond acceptors (Lipinski definition) is 5. The molecule has 0 spiro atoms. The van der Waals surface area contributed by atoms with E-state index in [4.69, 9.17) is 5.11 Å². The van der Waals surface area contributed by atoms with Gasteiger partial charge in [-0.25, -0.2) is 4.79 Å². The molecule has 104 valence electrons. The molecule has 0 aliphatic heterocycles. The number of methoxy groups -OCH3 is 1. The summed E-state index contributed by atoms with van der Waals surface area (Å²) in [4.78, 5) is 33.3. The van der Waals surface area contributed by atoms with Crippen molar-refractivity contribution in [3.05, 3.63) is 0 Å². The van der Waals surface area contributed by atoms with Gasteiger partial charge in [-0.05, 0) is 13.3 Å². The molecule has 0 radical (unpaired) electrons. The number of amides is 1. The summed E-state index contributed by atoms with van der Waals surface area (Å²) in [6, 6.07) is -1.35. The predicted octanol–water partition coefficient (Wildman–Crippen LogP) is -0.474. The summed E-state index contributed by atoms with van der Waals surface area (Å²) in [7, 11) is 1.25. The molecule has 18 heavy (non-hydrogen) atoms. The van der Waals surface area contributed by atoms with Gasteiger partial charge in [-0.3, -0.25) is 9.59 Å². The SMILES string of the molecule is COC(=O)CCC(C)C(=O)N[C@H](C(=O)O)[C@@H](C)O. The second-order valence-corrected chi connectivity index (χ2v) is 4.08. The van der Waals surface area contributed by atoms with Gasteiger partial charge in [0.25, 0.3) is 0 Å². The van der Waals surface area contributed by atoms with E-state index in [1.165, 1.54) is 14.0 Å². The summed E-state index contributed by atoms with van der Waals surface area (Å²) < 4.78 is 4.43. The minimum atomic E-state index is -1.35. The van der Waals surface area contributed by atoms with Crippen molar-refractivity contribution >= 4 is 17.8 Å². The lowest BCUT2D eigenvalue weighted by Crippen LogP contribution is -2.49. The van der Waals surface area contributed by atoms with E-state index >= 15 is 0 Å². The van der Waals surface area contributed by atoms with Crippen LogP contribution in [-0.2, 0) is 19.1 Å². The van der Waals surface area contributed by atoms with E-state index in [1.54, 1.807) is 6.92 Å². The molecule has 0 fully saturated rings. The monoisotopic (exact) mass is 261 g/mol. The van der Waals surface area contributed by atoms with E-state index in [9.17, 15) is 19.5 Å². The van der Waals surface area contributed by atoms with Crippen molar-refractivity contribution in [1.29, 1.82) is 0 Å². The summed E-state index contributed by atoms with van der Waals surface area (Å²) in [5, 5.41) is 20.2. The zero-order valence-corrected chi connectivity index (χ0v) is 10.7. The molecule has 0 heterocycles. The normalized spacial score (nSPS) is 15.3. The Bertz CT molecular complexity index is 315. The number of carbonyl (C=O) groups is 3. The highest BCUT2D eigenvalue weighted by atomic mass is 16.5. The molecule has 0 aliphatic rings. The van der Waals surface area contributed by atoms with Gasteiger partial charge < -0.3 is 20.3 Å². The third-order valence-electron chi connectivity index (χ3n) is 2.50. The van der Waals surface area contributed by atoms with Crippen LogP contribution in [0.4, 0.5) is 0 Å². The molecular formula is C11H19NO6. The number of carbonyl (C=O) groups excluding carboxylic acids is 2. The molecule has 3 atom stereocenters. The second-order valence-electron chi connectivity index (χ2n) is 4.08. The van der Waals surface area contributed by atoms with E-state index < -0.39 is 35.9 Å². The van der Waals surface area contributed by atoms with E-state index in [0.717, 1.165) is 0 Å². The van der Waals surface area contributed by atoms with Gasteiger partial charge in [0.1, 0.15) is 0 Å². The molecule has 0 aromatic carbocycles. The lowest BCUT2D eigenvalue weighted by atomic mass is 10.0. The van der Waals surface area contributed by atoms with Crippen LogP contribution in [0.1, 0.15) is 26.7 Å². The van der Waals surface area contributed by atoms with Gasteiger partial charge in [-0.2, -0.15) is 0 Å². The van der Waals surface area contributed by atoms with Crippen molar-refractivity contribution in [1.82, 2.24) is 5.32 Å². The van der Waals surface area contributed by atoms with Crippen LogP contribution in [0.5, 0.6) is 0 Å². The Labute approximate surface area is 105 Å². The third kappa shape index (κ3) is 5.62. The Kier molecular flexibility index (Phi) is 6.96. The van der Waals surface area contributed by atoms with Crippen LogP contribution in [0.15, 0.2) is 0 Å². The molecule has 0 rings (SSSR count). The lowest BCUT2D eigenvalue weighted by Gasteiger charge is -2.19. The zero-order valence-electron chi connectivity index (χ0n) is 10.7. The summed E-state index contributed by atoms with van der Waals surface area (Å²) in [5.41, 5.74) is 0. The summed E-state index contributed by atoms with van der Waals surface area (Å²) in [6.07, 6.45) is -0.860. The van der Waals surface area contributed by atoms with Gasteiger partial charge >= 0.3 is 11.9 Å². The van der Waals surface area contributed by atoms with E-state index in [1.807, 2.05) is 0 Å². The Hall–Kier alpha value is -1.63. The average molecular weight is 261 g/mol. The Morgan fingerprint density at radius 3 is 2.22 bits per heavy atom. The van der Waals surface area contributed by atoms with E-state index in [0.29, 0.717) is 0 Å². The van der Waals surface area contributed by atoms with Crippen LogP contribution >= 0.6 is 0 Å². The number of esters is 1. The molecule has 7 nitrogen and oxygen atoms in total. The van der Waals surface area contributed by atoms with Gasteiger partial charge in [0.2, 0.25) is 5.91 Å². The minimum absolute atomic E-state index is 0.0809. The van der Waals surface area contributed by atoms with Crippen LogP contribution in [0, 0.1) is 5.92 Å². The number of aliphatic carboxylic acids is 1. The van der Waals surface area contributed by atoms with Gasteiger partial charge in [-0.1, -0.05) is 6.92 Å². The first-order valence-corrected chi connectivity index (χ1v) is 5.57. The molecular weight excluding hydrogens is 242 g/mol. The highest BCUT2D eigenvalue weighted by Crippen LogP contribution is 2.07. The molecule has 7 heteroatoms. The van der Waals surface area contributed by atoms with Crippen LogP contribution in [0.3, 0.4) is 0 Å². The zero-order chi connectivity index (χ0) is 14.3. The van der Waals surface area contributed by atoms with Crippen LogP contribution in [0.25, 0.3) is 0 Å². The van der Waals surface area contributed by atoms with Gasteiger partial charge in [0, 0.05) is 12.3 Å². The maximum absolute atomic E-state index is 11.6. The molecule has 0 saturated heterocycles. The first kappa shape index (κ1) is 16.4. The number of carboxylic acids is 1. The van der Waals surface area contributed by atoms with Crippen molar-refractivity contribution in [2.24, 2.45) is 5.92 Å². The fraction of sp³-hybridized carbons (Fsp3) is 0.727. The predicted molar refractivity (Wildman–Crippen MR) is 61.7 cm³/mol. The number of nitrogens with one attached hydrogen (secondary N) is 1. The van der Waals surface area contributed by atoms with Crippen molar-refractivity contribution in [3.63, 3.8) is 0 Å². The molecule has 0 aromatic heterocycles. The number of aliphatic hydroxyl groups excluding tert-OH is 1. The number of hydrogen-bond donors (Lipinski definition) is 3. The molecule has 3 N–H and O–H groups in total. The summed E-state index contributed by atoms with van der Waals surface area (Å²) >= 11 is 0. The quantitative estimate of drug-likeness (QED) is 0.534.